The number of nitrogens with one attached hydrogen (secondary N) is 5. The van der Waals surface area contributed by atoms with Crippen LogP contribution in [0.1, 0.15) is 60.6 Å². The highest BCUT2D eigenvalue weighted by molar-refractivity contribution is 7.92. The lowest BCUT2D eigenvalue weighted by Gasteiger charge is -2.23. The van der Waals surface area contributed by atoms with Crippen LogP contribution in [0.2, 0.25) is 0 Å². The van der Waals surface area contributed by atoms with Crippen LogP contribution in [-0.4, -0.2) is 65.9 Å². The first-order valence-corrected chi connectivity index (χ1v) is 22.0. The van der Waals surface area contributed by atoms with Gasteiger partial charge in [-0.15, -0.1) is 5.10 Å². The quantitative estimate of drug-likeness (QED) is 0.106. The molecule has 1 fully saturated rings. The number of anilines is 6. The Kier molecular flexibility index (Phi) is 10.00. The average molecular weight is 807 g/mol. The number of aromatic nitrogens is 6. The van der Waals surface area contributed by atoms with E-state index < -0.39 is 31.7 Å². The van der Waals surface area contributed by atoms with Crippen LogP contribution in [0.25, 0.3) is 22.1 Å². The fraction of sp³-hybridized carbons (Fsp3) is 0.351. The maximum absolute atomic E-state index is 15.1. The number of fused-ring (bicyclic) bond motifs is 4. The molecule has 2 aromatic carbocycles. The highest BCUT2D eigenvalue weighted by Crippen LogP contribution is 2.36. The summed E-state index contributed by atoms with van der Waals surface area (Å²) in [5, 5.41) is 17.6. The topological polar surface area (TPSA) is 198 Å². The van der Waals surface area contributed by atoms with Gasteiger partial charge >= 0.3 is 0 Å². The zero-order valence-corrected chi connectivity index (χ0v) is 32.2. The summed E-state index contributed by atoms with van der Waals surface area (Å²) < 4.78 is 87.9. The van der Waals surface area contributed by atoms with E-state index in [-0.39, 0.29) is 34.9 Å². The number of pyridine rings is 2. The number of halogens is 2. The standard InChI is InChI=1S/C21H24FN5O3S.C16H16FN5O2S/c1-31(28,29)26-19-15-12-16(22)20(23-17-9-5-7-13-6-4-8-14(13)17)24-21(15)27(25-19)18-10-2-3-11-30-18;1-25(23,24)22-15-11-8-12(17)16(19-14(11)20-21-15)18-13-7-3-5-9-4-2-6-10(9)13/h5,7,9,12,18H,2-4,6,8,10-11H2,1H3,(H,23,24)(H,25,26);3,5,7-8H,2,4,6H2,1H3,(H3,18,19,20,21,22). The molecule has 294 valence electrons. The molecule has 5 heterocycles. The molecule has 0 amide bonds. The third-order valence-electron chi connectivity index (χ3n) is 9.93. The van der Waals surface area contributed by atoms with Gasteiger partial charge in [0.25, 0.3) is 0 Å². The number of benzene rings is 2. The van der Waals surface area contributed by atoms with Gasteiger partial charge in [-0.2, -0.15) is 5.10 Å². The van der Waals surface area contributed by atoms with Gasteiger partial charge in [-0.1, -0.05) is 24.3 Å². The maximum atomic E-state index is 15.1. The van der Waals surface area contributed by atoms with Gasteiger partial charge in [-0.05, 0) is 104 Å². The highest BCUT2D eigenvalue weighted by atomic mass is 32.2. The van der Waals surface area contributed by atoms with Gasteiger partial charge < -0.3 is 15.4 Å². The number of ether oxygens (including phenoxy) is 1. The molecule has 56 heavy (non-hydrogen) atoms. The molecule has 2 aliphatic carbocycles. The van der Waals surface area contributed by atoms with Crippen molar-refractivity contribution in [2.75, 3.05) is 39.2 Å². The lowest BCUT2D eigenvalue weighted by molar-refractivity contribution is -0.0368. The van der Waals surface area contributed by atoms with E-state index in [0.29, 0.717) is 23.3 Å². The van der Waals surface area contributed by atoms with Gasteiger partial charge in [-0.25, -0.2) is 40.3 Å². The van der Waals surface area contributed by atoms with Gasteiger partial charge in [0.1, 0.15) is 0 Å². The van der Waals surface area contributed by atoms with Crippen molar-refractivity contribution in [3.05, 3.63) is 82.4 Å². The van der Waals surface area contributed by atoms with E-state index in [0.717, 1.165) is 81.7 Å². The summed E-state index contributed by atoms with van der Waals surface area (Å²) in [5.74, 6) is -0.941. The third-order valence-corrected chi connectivity index (χ3v) is 11.1. The Morgan fingerprint density at radius 3 is 1.91 bits per heavy atom. The Hall–Kier alpha value is -5.40. The minimum atomic E-state index is -3.60. The van der Waals surface area contributed by atoms with Gasteiger partial charge in [0.05, 0.1) is 23.3 Å². The van der Waals surface area contributed by atoms with E-state index in [2.05, 4.69) is 57.5 Å². The second-order valence-electron chi connectivity index (χ2n) is 14.2. The van der Waals surface area contributed by atoms with Crippen LogP contribution in [0.5, 0.6) is 0 Å². The Morgan fingerprint density at radius 1 is 0.732 bits per heavy atom. The molecule has 0 saturated carbocycles. The summed E-state index contributed by atoms with van der Waals surface area (Å²) in [6.07, 6.45) is 10.4. The molecule has 1 unspecified atom stereocenters. The predicted octanol–water partition coefficient (Wildman–Crippen LogP) is 6.57. The molecule has 6 aromatic rings. The van der Waals surface area contributed by atoms with E-state index in [1.54, 1.807) is 4.68 Å². The number of hydrogen-bond acceptors (Lipinski definition) is 11. The summed E-state index contributed by atoms with van der Waals surface area (Å²) in [4.78, 5) is 8.73. The van der Waals surface area contributed by atoms with E-state index in [4.69, 9.17) is 4.74 Å². The Morgan fingerprint density at radius 2 is 1.32 bits per heavy atom. The van der Waals surface area contributed by atoms with E-state index in [1.165, 1.54) is 34.4 Å². The molecule has 15 nitrogen and oxygen atoms in total. The second kappa shape index (κ2) is 14.9. The van der Waals surface area contributed by atoms with Crippen LogP contribution in [0, 0.1) is 11.6 Å². The van der Waals surface area contributed by atoms with Gasteiger partial charge in [-0.3, -0.25) is 14.5 Å². The Labute approximate surface area is 321 Å². The van der Waals surface area contributed by atoms with Crippen molar-refractivity contribution in [3.63, 3.8) is 0 Å². The summed E-state index contributed by atoms with van der Waals surface area (Å²) in [5.41, 5.74) is 7.27. The molecule has 0 bridgehead atoms. The van der Waals surface area contributed by atoms with Crippen molar-refractivity contribution in [2.45, 2.75) is 64.0 Å². The van der Waals surface area contributed by atoms with Crippen molar-refractivity contribution in [1.29, 1.82) is 0 Å². The monoisotopic (exact) mass is 806 g/mol. The predicted molar refractivity (Wildman–Crippen MR) is 211 cm³/mol. The number of sulfonamides is 2. The van der Waals surface area contributed by atoms with Crippen LogP contribution in [-0.2, 0) is 50.5 Å². The summed E-state index contributed by atoms with van der Waals surface area (Å²) in [6, 6.07) is 14.4. The molecule has 0 spiro atoms. The minimum Gasteiger partial charge on any atom is -0.356 e. The van der Waals surface area contributed by atoms with Gasteiger partial charge in [0.2, 0.25) is 20.0 Å². The highest BCUT2D eigenvalue weighted by Gasteiger charge is 2.26. The smallest absolute Gasteiger partial charge is 0.231 e. The fourth-order valence-corrected chi connectivity index (χ4v) is 8.50. The van der Waals surface area contributed by atoms with Crippen molar-refractivity contribution in [2.24, 2.45) is 0 Å². The molecule has 1 saturated heterocycles. The van der Waals surface area contributed by atoms with Gasteiger partial charge in [0.15, 0.2) is 52.4 Å². The van der Waals surface area contributed by atoms with Crippen LogP contribution in [0.15, 0.2) is 48.5 Å². The number of rotatable bonds is 9. The lowest BCUT2D eigenvalue weighted by atomic mass is 10.1. The number of hydrogen-bond donors (Lipinski definition) is 5. The first-order chi connectivity index (χ1) is 26.8. The molecule has 0 radical (unpaired) electrons. The van der Waals surface area contributed by atoms with E-state index in [9.17, 15) is 21.2 Å². The van der Waals surface area contributed by atoms with Crippen LogP contribution in [0.4, 0.5) is 43.4 Å². The zero-order valence-electron chi connectivity index (χ0n) is 30.6. The molecule has 3 aliphatic rings. The molecular formula is C37H40F2N10O5S2. The summed E-state index contributed by atoms with van der Waals surface area (Å²) >= 11 is 0. The normalized spacial score (nSPS) is 16.6. The van der Waals surface area contributed by atoms with E-state index in [1.807, 2.05) is 24.3 Å². The SMILES string of the molecule is CS(=O)(=O)Nc1n[nH]c2nc(Nc3cccc4c3CCC4)c(F)cc12.CS(=O)(=O)Nc1nn(C2CCCCO2)c2nc(Nc3cccc4c3CCC4)c(F)cc12. The first kappa shape index (κ1) is 37.5. The zero-order chi connectivity index (χ0) is 39.2. The maximum Gasteiger partial charge on any atom is 0.231 e. The van der Waals surface area contributed by atoms with Crippen LogP contribution < -0.4 is 20.1 Å². The lowest BCUT2D eigenvalue weighted by Crippen LogP contribution is -2.20. The molecule has 4 aromatic heterocycles. The number of nitrogens with zero attached hydrogens (tertiary/aromatic N) is 5. The van der Waals surface area contributed by atoms with Crippen molar-refractivity contribution < 1.29 is 30.4 Å². The Bertz CT molecular complexity index is 2700. The van der Waals surface area contributed by atoms with Crippen LogP contribution in [0.3, 0.4) is 0 Å². The molecule has 1 atom stereocenters. The molecule has 19 heteroatoms. The largest absolute Gasteiger partial charge is 0.356 e. The molecular weight excluding hydrogens is 767 g/mol. The third kappa shape index (κ3) is 7.96. The average Bonchev–Trinajstić information content (AvgIpc) is 3.96. The second-order valence-corrected chi connectivity index (χ2v) is 17.7. The summed E-state index contributed by atoms with van der Waals surface area (Å²) in [7, 11) is -7.11. The minimum absolute atomic E-state index is 0.0241. The Balaban J connectivity index is 0.000000161. The summed E-state index contributed by atoms with van der Waals surface area (Å²) in [6.45, 7) is 0.587. The van der Waals surface area contributed by atoms with Crippen LogP contribution >= 0.6 is 0 Å². The molecule has 1 aliphatic heterocycles. The van der Waals surface area contributed by atoms with Crippen molar-refractivity contribution in [1.82, 2.24) is 29.9 Å². The number of H-pyrrole nitrogens is 1. The molecule has 9 rings (SSSR count). The fourth-order valence-electron chi connectivity index (χ4n) is 7.49. The van der Waals surface area contributed by atoms with Crippen molar-refractivity contribution >= 4 is 76.8 Å². The van der Waals surface area contributed by atoms with Gasteiger partial charge in [0, 0.05) is 18.0 Å². The van der Waals surface area contributed by atoms with E-state index >= 15 is 4.39 Å². The number of aromatic amines is 1. The molecule has 5 N–H and O–H groups in total. The number of aryl methyl sites for hydroxylation is 2. The first-order valence-electron chi connectivity index (χ1n) is 18.3. The van der Waals surface area contributed by atoms with Crippen molar-refractivity contribution in [3.8, 4) is 0 Å².